The summed E-state index contributed by atoms with van der Waals surface area (Å²) in [5.74, 6) is -0.265. The zero-order chi connectivity index (χ0) is 14.8. The van der Waals surface area contributed by atoms with Gasteiger partial charge in [-0.25, -0.2) is 0 Å². The lowest BCUT2D eigenvalue weighted by molar-refractivity contribution is -0.274. The van der Waals surface area contributed by atoms with Crippen LogP contribution in [0.1, 0.15) is 0 Å². The predicted molar refractivity (Wildman–Crippen MR) is 80.0 cm³/mol. The van der Waals surface area contributed by atoms with Gasteiger partial charge in [-0.05, 0) is 65.1 Å². The molecule has 0 heterocycles. The molecule has 0 spiro atoms. The van der Waals surface area contributed by atoms with Gasteiger partial charge in [-0.15, -0.1) is 13.2 Å². The number of ether oxygens (including phenoxy) is 1. The van der Waals surface area contributed by atoms with Crippen LogP contribution in [0.2, 0.25) is 0 Å². The number of hydrogen-bond acceptors (Lipinski definition) is 3. The first-order chi connectivity index (χ1) is 9.33. The number of hydrogen-bond donors (Lipinski definition) is 2. The molecule has 0 aromatic heterocycles. The topological polar surface area (TPSA) is 47.3 Å². The first-order valence-corrected chi connectivity index (χ1v) is 6.59. The number of anilines is 3. The van der Waals surface area contributed by atoms with E-state index < -0.39 is 6.36 Å². The fraction of sp³-hybridized carbons (Fsp3) is 0.0769. The van der Waals surface area contributed by atoms with Crippen LogP contribution >= 0.6 is 22.6 Å². The molecule has 0 bridgehead atoms. The van der Waals surface area contributed by atoms with E-state index in [0.717, 1.165) is 3.57 Å². The Bertz CT molecular complexity index is 600. The Hall–Kier alpha value is -1.64. The number of nitrogen functional groups attached to an aromatic ring is 1. The molecule has 0 aliphatic rings. The molecule has 2 aromatic carbocycles. The first-order valence-electron chi connectivity index (χ1n) is 5.51. The summed E-state index contributed by atoms with van der Waals surface area (Å²) in [6.07, 6.45) is -4.69. The van der Waals surface area contributed by atoms with E-state index in [4.69, 9.17) is 5.73 Å². The number of nitrogens with one attached hydrogen (secondary N) is 1. The van der Waals surface area contributed by atoms with Crippen molar-refractivity contribution in [3.63, 3.8) is 0 Å². The number of alkyl halides is 3. The molecule has 3 N–H and O–H groups in total. The molecule has 20 heavy (non-hydrogen) atoms. The molecule has 0 fully saturated rings. The second kappa shape index (κ2) is 5.78. The Morgan fingerprint density at radius 2 is 1.70 bits per heavy atom. The highest BCUT2D eigenvalue weighted by Crippen LogP contribution is 2.27. The monoisotopic (exact) mass is 394 g/mol. The third-order valence-corrected chi connectivity index (χ3v) is 3.05. The van der Waals surface area contributed by atoms with Crippen molar-refractivity contribution in [3.05, 3.63) is 46.0 Å². The summed E-state index contributed by atoms with van der Waals surface area (Å²) in [6, 6.07) is 10.9. The van der Waals surface area contributed by atoms with Crippen LogP contribution in [0.5, 0.6) is 5.75 Å². The molecule has 106 valence electrons. The maximum atomic E-state index is 12.0. The Morgan fingerprint density at radius 3 is 2.25 bits per heavy atom. The highest BCUT2D eigenvalue weighted by Gasteiger charge is 2.30. The van der Waals surface area contributed by atoms with E-state index in [9.17, 15) is 13.2 Å². The zero-order valence-electron chi connectivity index (χ0n) is 10.0. The quantitative estimate of drug-likeness (QED) is 0.595. The van der Waals surface area contributed by atoms with Gasteiger partial charge in [0.1, 0.15) is 5.75 Å². The smallest absolute Gasteiger partial charge is 0.406 e. The average Bonchev–Trinajstić information content (AvgIpc) is 2.33. The van der Waals surface area contributed by atoms with E-state index in [-0.39, 0.29) is 5.75 Å². The minimum absolute atomic E-state index is 0.265. The molecule has 0 aliphatic heterocycles. The largest absolute Gasteiger partial charge is 0.573 e. The Kier molecular flexibility index (Phi) is 4.26. The SMILES string of the molecule is Nc1cc(I)ccc1Nc1ccc(OC(F)(F)F)cc1. The summed E-state index contributed by atoms with van der Waals surface area (Å²) < 4.78 is 40.9. The molecule has 0 amide bonds. The van der Waals surface area contributed by atoms with Gasteiger partial charge in [0.25, 0.3) is 0 Å². The maximum absolute atomic E-state index is 12.0. The first kappa shape index (κ1) is 14.8. The van der Waals surface area contributed by atoms with Gasteiger partial charge >= 0.3 is 6.36 Å². The lowest BCUT2D eigenvalue weighted by atomic mass is 10.2. The Balaban J connectivity index is 2.11. The van der Waals surface area contributed by atoms with Gasteiger partial charge in [-0.3, -0.25) is 0 Å². The summed E-state index contributed by atoms with van der Waals surface area (Å²) in [6.45, 7) is 0. The molecule has 2 aromatic rings. The van der Waals surface area contributed by atoms with Gasteiger partial charge in [0.15, 0.2) is 0 Å². The van der Waals surface area contributed by atoms with Crippen LogP contribution in [0.25, 0.3) is 0 Å². The predicted octanol–water partition coefficient (Wildman–Crippen LogP) is 4.52. The van der Waals surface area contributed by atoms with Gasteiger partial charge < -0.3 is 15.8 Å². The molecule has 2 rings (SSSR count). The van der Waals surface area contributed by atoms with Gasteiger partial charge in [-0.1, -0.05) is 0 Å². The van der Waals surface area contributed by atoms with Crippen LogP contribution in [-0.4, -0.2) is 6.36 Å². The normalized spacial score (nSPS) is 11.2. The zero-order valence-corrected chi connectivity index (χ0v) is 12.2. The molecule has 3 nitrogen and oxygen atoms in total. The van der Waals surface area contributed by atoms with E-state index in [2.05, 4.69) is 32.6 Å². The third kappa shape index (κ3) is 4.19. The molecule has 0 unspecified atom stereocenters. The van der Waals surface area contributed by atoms with Crippen LogP contribution in [0.3, 0.4) is 0 Å². The van der Waals surface area contributed by atoms with Crippen LogP contribution in [0, 0.1) is 3.57 Å². The molecule has 0 aliphatic carbocycles. The molecule has 0 atom stereocenters. The highest BCUT2D eigenvalue weighted by atomic mass is 127. The Labute approximate surface area is 127 Å². The summed E-state index contributed by atoms with van der Waals surface area (Å²) in [7, 11) is 0. The van der Waals surface area contributed by atoms with Crippen LogP contribution in [0.15, 0.2) is 42.5 Å². The summed E-state index contributed by atoms with van der Waals surface area (Å²) in [4.78, 5) is 0. The van der Waals surface area contributed by atoms with E-state index >= 15 is 0 Å². The minimum Gasteiger partial charge on any atom is -0.406 e. The van der Waals surface area contributed by atoms with E-state index in [1.54, 1.807) is 12.1 Å². The fourth-order valence-corrected chi connectivity index (χ4v) is 2.06. The van der Waals surface area contributed by atoms with Crippen LogP contribution in [0.4, 0.5) is 30.2 Å². The minimum atomic E-state index is -4.69. The Morgan fingerprint density at radius 1 is 1.05 bits per heavy atom. The van der Waals surface area contributed by atoms with Crippen molar-refractivity contribution >= 4 is 39.7 Å². The molecular weight excluding hydrogens is 384 g/mol. The van der Waals surface area contributed by atoms with Gasteiger partial charge in [0, 0.05) is 9.26 Å². The van der Waals surface area contributed by atoms with Gasteiger partial charge in [0.05, 0.1) is 11.4 Å². The molecule has 0 saturated carbocycles. The maximum Gasteiger partial charge on any atom is 0.573 e. The molecular formula is C13H10F3IN2O. The van der Waals surface area contributed by atoms with Crippen molar-refractivity contribution in [2.45, 2.75) is 6.36 Å². The van der Waals surface area contributed by atoms with Crippen molar-refractivity contribution in [1.29, 1.82) is 0 Å². The number of halogens is 4. The number of nitrogens with two attached hydrogens (primary N) is 1. The van der Waals surface area contributed by atoms with Crippen molar-refractivity contribution in [3.8, 4) is 5.75 Å². The van der Waals surface area contributed by atoms with Gasteiger partial charge in [0.2, 0.25) is 0 Å². The number of rotatable bonds is 3. The van der Waals surface area contributed by atoms with E-state index in [1.165, 1.54) is 24.3 Å². The van der Waals surface area contributed by atoms with E-state index in [1.807, 2.05) is 6.07 Å². The van der Waals surface area contributed by atoms with Crippen molar-refractivity contribution in [1.82, 2.24) is 0 Å². The molecule has 7 heteroatoms. The lowest BCUT2D eigenvalue weighted by Crippen LogP contribution is -2.16. The number of benzene rings is 2. The summed E-state index contributed by atoms with van der Waals surface area (Å²) >= 11 is 2.14. The van der Waals surface area contributed by atoms with Gasteiger partial charge in [-0.2, -0.15) is 0 Å². The highest BCUT2D eigenvalue weighted by molar-refractivity contribution is 14.1. The third-order valence-electron chi connectivity index (χ3n) is 2.38. The van der Waals surface area contributed by atoms with Crippen molar-refractivity contribution in [2.75, 3.05) is 11.1 Å². The summed E-state index contributed by atoms with van der Waals surface area (Å²) in [5.41, 5.74) is 7.71. The second-order valence-electron chi connectivity index (χ2n) is 3.93. The summed E-state index contributed by atoms with van der Waals surface area (Å²) in [5, 5.41) is 3.02. The van der Waals surface area contributed by atoms with Crippen molar-refractivity contribution < 1.29 is 17.9 Å². The standard InChI is InChI=1S/C13H10F3IN2O/c14-13(15,16)20-10-4-2-9(3-5-10)19-12-6-1-8(17)7-11(12)18/h1-7,19H,18H2. The lowest BCUT2D eigenvalue weighted by Gasteiger charge is -2.11. The average molecular weight is 394 g/mol. The van der Waals surface area contributed by atoms with Crippen molar-refractivity contribution in [2.24, 2.45) is 0 Å². The van der Waals surface area contributed by atoms with Crippen LogP contribution in [-0.2, 0) is 0 Å². The second-order valence-corrected chi connectivity index (χ2v) is 5.17. The molecule has 0 radical (unpaired) electrons. The van der Waals surface area contributed by atoms with E-state index in [0.29, 0.717) is 17.1 Å². The fourth-order valence-electron chi connectivity index (χ4n) is 1.54. The van der Waals surface area contributed by atoms with Crippen LogP contribution < -0.4 is 15.8 Å². The molecule has 0 saturated heterocycles.